The van der Waals surface area contributed by atoms with Crippen molar-refractivity contribution < 1.29 is 9.32 Å². The predicted molar refractivity (Wildman–Crippen MR) is 86.5 cm³/mol. The van der Waals surface area contributed by atoms with E-state index < -0.39 is 5.76 Å². The van der Waals surface area contributed by atoms with Crippen molar-refractivity contribution in [1.82, 2.24) is 14.7 Å². The maximum Gasteiger partial charge on any atom is 0.442 e. The lowest BCUT2D eigenvalue weighted by atomic mass is 10.2. The molecular formula is C17H14N4O3. The fourth-order valence-corrected chi connectivity index (χ4v) is 2.90. The molecule has 24 heavy (non-hydrogen) atoms. The molecule has 0 fully saturated rings. The van der Waals surface area contributed by atoms with Gasteiger partial charge in [0.05, 0.1) is 0 Å². The van der Waals surface area contributed by atoms with E-state index in [2.05, 4.69) is 10.1 Å². The average molecular weight is 322 g/mol. The van der Waals surface area contributed by atoms with Crippen LogP contribution in [-0.4, -0.2) is 27.2 Å². The van der Waals surface area contributed by atoms with Crippen molar-refractivity contribution in [2.24, 2.45) is 0 Å². The van der Waals surface area contributed by atoms with Crippen LogP contribution in [0.3, 0.4) is 0 Å². The number of fused-ring (bicyclic) bond motifs is 1. The van der Waals surface area contributed by atoms with Crippen LogP contribution in [0.2, 0.25) is 0 Å². The highest BCUT2D eigenvalue weighted by Gasteiger charge is 2.26. The maximum absolute atomic E-state index is 12.7. The minimum Gasteiger partial charge on any atom is -0.310 e. The number of nitrogens with zero attached hydrogens (tertiary/aromatic N) is 4. The normalized spacial score (nSPS) is 13.1. The summed E-state index contributed by atoms with van der Waals surface area (Å²) < 4.78 is 5.94. The first-order chi connectivity index (χ1) is 11.7. The molecule has 0 spiro atoms. The third-order valence-electron chi connectivity index (χ3n) is 4.06. The summed E-state index contributed by atoms with van der Waals surface area (Å²) in [6.45, 7) is 0.472. The Morgan fingerprint density at radius 1 is 1.17 bits per heavy atom. The molecule has 0 bridgehead atoms. The van der Waals surface area contributed by atoms with Crippen molar-refractivity contribution in [1.29, 1.82) is 0 Å². The highest BCUT2D eigenvalue weighted by Crippen LogP contribution is 2.27. The topological polar surface area (TPSA) is 81.2 Å². The molecule has 1 aromatic carbocycles. The average Bonchev–Trinajstić information content (AvgIpc) is 3.20. The first-order valence-electron chi connectivity index (χ1n) is 7.60. The summed E-state index contributed by atoms with van der Waals surface area (Å²) in [5, 5.41) is 3.75. The summed E-state index contributed by atoms with van der Waals surface area (Å²) in [6, 6.07) is 13.0. The van der Waals surface area contributed by atoms with Gasteiger partial charge in [-0.25, -0.2) is 9.36 Å². The van der Waals surface area contributed by atoms with Crippen LogP contribution in [0.5, 0.6) is 0 Å². The molecule has 1 amide bonds. The van der Waals surface area contributed by atoms with Gasteiger partial charge in [0.1, 0.15) is 12.2 Å². The van der Waals surface area contributed by atoms with Gasteiger partial charge in [-0.05, 0) is 30.2 Å². The van der Waals surface area contributed by atoms with Crippen molar-refractivity contribution in [3.05, 3.63) is 64.8 Å². The van der Waals surface area contributed by atoms with Gasteiger partial charge in [-0.1, -0.05) is 29.4 Å². The maximum atomic E-state index is 12.7. The Balaban J connectivity index is 1.64. The van der Waals surface area contributed by atoms with Crippen LogP contribution in [0.4, 0.5) is 5.69 Å². The van der Waals surface area contributed by atoms with E-state index in [0.717, 1.165) is 17.7 Å². The molecule has 0 saturated carbocycles. The smallest absolute Gasteiger partial charge is 0.310 e. The Morgan fingerprint density at radius 3 is 2.83 bits per heavy atom. The molecule has 1 aliphatic heterocycles. The number of pyridine rings is 1. The van der Waals surface area contributed by atoms with Crippen molar-refractivity contribution in [2.75, 3.05) is 11.4 Å². The summed E-state index contributed by atoms with van der Waals surface area (Å²) >= 11 is 0. The van der Waals surface area contributed by atoms with E-state index in [0.29, 0.717) is 12.2 Å². The number of carbonyl (C=O) groups is 1. The van der Waals surface area contributed by atoms with Gasteiger partial charge in [0.2, 0.25) is 11.7 Å². The lowest BCUT2D eigenvalue weighted by Crippen LogP contribution is -2.34. The molecule has 0 atom stereocenters. The number of hydrogen-bond donors (Lipinski definition) is 0. The van der Waals surface area contributed by atoms with E-state index in [1.165, 1.54) is 4.57 Å². The molecule has 0 N–H and O–H groups in total. The molecule has 0 aliphatic carbocycles. The van der Waals surface area contributed by atoms with Crippen LogP contribution in [0.1, 0.15) is 5.56 Å². The predicted octanol–water partition coefficient (Wildman–Crippen LogP) is 1.49. The number of amides is 1. The fraction of sp³-hybridized carbons (Fsp3) is 0.176. The summed E-state index contributed by atoms with van der Waals surface area (Å²) in [6.07, 6.45) is 2.41. The summed E-state index contributed by atoms with van der Waals surface area (Å²) in [7, 11) is 0. The van der Waals surface area contributed by atoms with Gasteiger partial charge in [-0.15, -0.1) is 0 Å². The summed E-state index contributed by atoms with van der Waals surface area (Å²) in [5.74, 6) is -0.597. The summed E-state index contributed by atoms with van der Waals surface area (Å²) in [4.78, 5) is 30.5. The molecule has 1 aliphatic rings. The Labute approximate surface area is 137 Å². The second kappa shape index (κ2) is 5.77. The van der Waals surface area contributed by atoms with Gasteiger partial charge in [-0.2, -0.15) is 0 Å². The number of anilines is 1. The first-order valence-corrected chi connectivity index (χ1v) is 7.60. The van der Waals surface area contributed by atoms with E-state index in [4.69, 9.17) is 4.52 Å². The van der Waals surface area contributed by atoms with Crippen LogP contribution in [0, 0.1) is 0 Å². The number of rotatable bonds is 3. The van der Waals surface area contributed by atoms with E-state index >= 15 is 0 Å². The molecule has 0 radical (unpaired) electrons. The Morgan fingerprint density at radius 2 is 2.00 bits per heavy atom. The lowest BCUT2D eigenvalue weighted by Gasteiger charge is -2.17. The number of carbonyl (C=O) groups excluding carboxylic acids is 1. The van der Waals surface area contributed by atoms with Gasteiger partial charge in [0, 0.05) is 18.4 Å². The Bertz CT molecular complexity index is 946. The molecule has 0 unspecified atom stereocenters. The number of benzene rings is 1. The molecular weight excluding hydrogens is 308 g/mol. The van der Waals surface area contributed by atoms with Crippen molar-refractivity contribution in [2.45, 2.75) is 13.0 Å². The lowest BCUT2D eigenvalue weighted by molar-refractivity contribution is -0.119. The van der Waals surface area contributed by atoms with Gasteiger partial charge >= 0.3 is 5.76 Å². The van der Waals surface area contributed by atoms with Crippen LogP contribution >= 0.6 is 0 Å². The van der Waals surface area contributed by atoms with E-state index in [1.807, 2.05) is 24.3 Å². The standard InChI is InChI=1S/C17H14N4O3/c22-15(20-10-8-12-5-1-2-7-14(12)20)11-21-16(19-24-17(21)23)13-6-3-4-9-18-13/h1-7,9H,8,10-11H2. The second-order valence-electron chi connectivity index (χ2n) is 5.50. The fourth-order valence-electron chi connectivity index (χ4n) is 2.90. The third-order valence-corrected chi connectivity index (χ3v) is 4.06. The Hall–Kier alpha value is -3.22. The van der Waals surface area contributed by atoms with Gasteiger partial charge in [0.25, 0.3) is 0 Å². The van der Waals surface area contributed by atoms with Crippen molar-refractivity contribution >= 4 is 11.6 Å². The molecule has 3 heterocycles. The molecule has 4 rings (SSSR count). The molecule has 120 valence electrons. The van der Waals surface area contributed by atoms with E-state index in [-0.39, 0.29) is 18.3 Å². The highest BCUT2D eigenvalue weighted by atomic mass is 16.5. The van der Waals surface area contributed by atoms with Crippen LogP contribution in [-0.2, 0) is 17.8 Å². The number of aromatic nitrogens is 3. The minimum absolute atomic E-state index is 0.136. The van der Waals surface area contributed by atoms with Crippen LogP contribution in [0.25, 0.3) is 11.5 Å². The van der Waals surface area contributed by atoms with Crippen LogP contribution < -0.4 is 10.7 Å². The van der Waals surface area contributed by atoms with Gasteiger partial charge < -0.3 is 4.90 Å². The number of para-hydroxylation sites is 1. The molecule has 0 saturated heterocycles. The van der Waals surface area contributed by atoms with Gasteiger partial charge in [-0.3, -0.25) is 14.3 Å². The van der Waals surface area contributed by atoms with E-state index in [9.17, 15) is 9.59 Å². The Kier molecular flexibility index (Phi) is 3.45. The van der Waals surface area contributed by atoms with E-state index in [1.54, 1.807) is 29.3 Å². The quantitative estimate of drug-likeness (QED) is 0.730. The minimum atomic E-state index is -0.670. The van der Waals surface area contributed by atoms with Crippen molar-refractivity contribution in [3.8, 4) is 11.5 Å². The number of hydrogen-bond acceptors (Lipinski definition) is 5. The first kappa shape index (κ1) is 14.4. The van der Waals surface area contributed by atoms with Crippen LogP contribution in [0.15, 0.2) is 58.0 Å². The molecule has 7 nitrogen and oxygen atoms in total. The van der Waals surface area contributed by atoms with Gasteiger partial charge in [0.15, 0.2) is 0 Å². The summed E-state index contributed by atoms with van der Waals surface area (Å²) in [5.41, 5.74) is 2.51. The molecule has 3 aromatic rings. The zero-order chi connectivity index (χ0) is 16.5. The highest BCUT2D eigenvalue weighted by molar-refractivity contribution is 5.95. The second-order valence-corrected chi connectivity index (χ2v) is 5.50. The molecule has 7 heteroatoms. The molecule has 2 aromatic heterocycles. The zero-order valence-corrected chi connectivity index (χ0v) is 12.8. The SMILES string of the molecule is O=C(Cn1c(-c2ccccn2)noc1=O)N1CCc2ccccc21. The zero-order valence-electron chi connectivity index (χ0n) is 12.8. The largest absolute Gasteiger partial charge is 0.442 e. The third kappa shape index (κ3) is 2.40. The van der Waals surface area contributed by atoms with Crippen molar-refractivity contribution in [3.63, 3.8) is 0 Å². The monoisotopic (exact) mass is 322 g/mol.